The van der Waals surface area contributed by atoms with E-state index < -0.39 is 11.1 Å². The molecule has 0 spiro atoms. The number of anilines is 2. The molecule has 9 rings (SSSR count). The lowest BCUT2D eigenvalue weighted by atomic mass is 9.76. The highest BCUT2D eigenvalue weighted by atomic mass is 16.5. The molecule has 292 valence electrons. The van der Waals surface area contributed by atoms with Crippen LogP contribution in [0.3, 0.4) is 0 Å². The Morgan fingerprint density at radius 2 is 0.783 bits per heavy atom. The van der Waals surface area contributed by atoms with Crippen LogP contribution in [0.15, 0.2) is 219 Å². The Bertz CT molecular complexity index is 2610. The summed E-state index contributed by atoms with van der Waals surface area (Å²) in [6.45, 7) is 0. The van der Waals surface area contributed by atoms with Gasteiger partial charge in [-0.25, -0.2) is 9.97 Å². The summed E-state index contributed by atoms with van der Waals surface area (Å²) in [6, 6.07) is 73.4. The maximum atomic E-state index is 5.79. The van der Waals surface area contributed by atoms with Crippen molar-refractivity contribution >= 4 is 22.5 Å². The molecule has 9 aromatic rings. The largest absolute Gasteiger partial charge is 0.497 e. The van der Waals surface area contributed by atoms with Crippen molar-refractivity contribution in [3.63, 3.8) is 0 Å². The van der Waals surface area contributed by atoms with Crippen molar-refractivity contribution < 1.29 is 9.47 Å². The van der Waals surface area contributed by atoms with E-state index in [1.54, 1.807) is 14.2 Å². The van der Waals surface area contributed by atoms with Gasteiger partial charge in [-0.3, -0.25) is 0 Å². The van der Waals surface area contributed by atoms with Crippen molar-refractivity contribution in [2.24, 2.45) is 0 Å². The minimum absolute atomic E-state index is 0.673. The van der Waals surface area contributed by atoms with E-state index in [9.17, 15) is 0 Å². The summed E-state index contributed by atoms with van der Waals surface area (Å²) in [5.41, 5.74) is 7.33. The third-order valence-corrected chi connectivity index (χ3v) is 11.2. The van der Waals surface area contributed by atoms with Gasteiger partial charge in [0.05, 0.1) is 19.7 Å². The minimum Gasteiger partial charge on any atom is -0.497 e. The molecule has 0 radical (unpaired) electrons. The molecule has 2 aromatic heterocycles. The van der Waals surface area contributed by atoms with Crippen LogP contribution >= 0.6 is 0 Å². The van der Waals surface area contributed by atoms with Crippen molar-refractivity contribution in [2.75, 3.05) is 24.9 Å². The first-order valence-corrected chi connectivity index (χ1v) is 20.0. The van der Waals surface area contributed by atoms with Crippen LogP contribution < -0.4 is 20.1 Å². The molecule has 0 atom stereocenters. The van der Waals surface area contributed by atoms with Crippen molar-refractivity contribution in [2.45, 2.75) is 11.1 Å². The molecule has 0 aliphatic heterocycles. The maximum Gasteiger partial charge on any atom is 0.135 e. The van der Waals surface area contributed by atoms with Crippen LogP contribution in [0, 0.1) is 0 Å². The molecule has 6 nitrogen and oxygen atoms in total. The van der Waals surface area contributed by atoms with Crippen LogP contribution in [0.5, 0.6) is 11.5 Å². The Hall–Kier alpha value is -7.70. The zero-order chi connectivity index (χ0) is 40.8. The van der Waals surface area contributed by atoms with E-state index in [1.807, 2.05) is 60.8 Å². The average Bonchev–Trinajstić information content (AvgIpc) is 3.33. The Morgan fingerprint density at radius 1 is 0.417 bits per heavy atom. The van der Waals surface area contributed by atoms with Crippen molar-refractivity contribution in [1.29, 1.82) is 0 Å². The van der Waals surface area contributed by atoms with Gasteiger partial charge in [0.1, 0.15) is 34.2 Å². The molecule has 60 heavy (non-hydrogen) atoms. The normalized spacial score (nSPS) is 11.5. The number of hydrogen-bond donors (Lipinski definition) is 2. The summed E-state index contributed by atoms with van der Waals surface area (Å²) >= 11 is 0. The average molecular weight is 781 g/mol. The summed E-state index contributed by atoms with van der Waals surface area (Å²) in [5, 5.41) is 8.91. The van der Waals surface area contributed by atoms with E-state index >= 15 is 0 Å². The second-order valence-electron chi connectivity index (χ2n) is 14.7. The Labute approximate surface area is 351 Å². The highest BCUT2D eigenvalue weighted by Crippen LogP contribution is 2.44. The van der Waals surface area contributed by atoms with Gasteiger partial charge < -0.3 is 20.1 Å². The zero-order valence-corrected chi connectivity index (χ0v) is 33.5. The van der Waals surface area contributed by atoms with Crippen molar-refractivity contribution in [3.8, 4) is 22.6 Å². The van der Waals surface area contributed by atoms with Crippen LogP contribution in [0.4, 0.5) is 11.6 Å². The molecule has 0 bridgehead atoms. The van der Waals surface area contributed by atoms with Crippen LogP contribution in [-0.4, -0.2) is 24.2 Å². The standard InChI is InChI=1S/C54H44N4O2/c1-59-47-33-39(34-48(36-47)60-2)49-35-40-38-55-51(57-53(41-21-9-3-10-22-41,42-23-11-4-12-24-42)43-25-13-5-14-26-43)37-50(40)56-52(49)58-54(44-27-15-6-16-28-44,45-29-17-7-18-30-45)46-31-19-8-20-32-46/h3-38H,1-2H3,(H,55,57)(H,56,58). The molecular weight excluding hydrogens is 737 g/mol. The van der Waals surface area contributed by atoms with Gasteiger partial charge in [0.2, 0.25) is 0 Å². The highest BCUT2D eigenvalue weighted by Gasteiger charge is 2.39. The molecule has 0 aliphatic carbocycles. The Morgan fingerprint density at radius 3 is 1.15 bits per heavy atom. The van der Waals surface area contributed by atoms with E-state index in [2.05, 4.69) is 168 Å². The SMILES string of the molecule is COc1cc(OC)cc(-c2cc3cnc(NC(c4ccccc4)(c4ccccc4)c4ccccc4)cc3nc2NC(c2ccccc2)(c2ccccc2)c2ccccc2)c1. The highest BCUT2D eigenvalue weighted by molar-refractivity contribution is 5.91. The summed E-state index contributed by atoms with van der Waals surface area (Å²) < 4.78 is 11.6. The zero-order valence-electron chi connectivity index (χ0n) is 33.5. The Balaban J connectivity index is 1.29. The topological polar surface area (TPSA) is 68.3 Å². The van der Waals surface area contributed by atoms with Crippen LogP contribution in [0.1, 0.15) is 33.4 Å². The molecular formula is C54H44N4O2. The molecule has 0 amide bonds. The van der Waals surface area contributed by atoms with Gasteiger partial charge in [-0.15, -0.1) is 0 Å². The summed E-state index contributed by atoms with van der Waals surface area (Å²) in [4.78, 5) is 10.7. The Kier molecular flexibility index (Phi) is 10.5. The first-order chi connectivity index (χ1) is 29.6. The van der Waals surface area contributed by atoms with E-state index in [0.717, 1.165) is 55.4 Å². The van der Waals surface area contributed by atoms with Crippen LogP contribution in [0.25, 0.3) is 22.0 Å². The number of hydrogen-bond acceptors (Lipinski definition) is 6. The lowest BCUT2D eigenvalue weighted by Crippen LogP contribution is -2.38. The number of pyridine rings is 2. The lowest BCUT2D eigenvalue weighted by Gasteiger charge is -2.38. The molecule has 0 unspecified atom stereocenters. The smallest absolute Gasteiger partial charge is 0.135 e. The second kappa shape index (κ2) is 16.6. The summed E-state index contributed by atoms with van der Waals surface area (Å²) in [5.74, 6) is 2.70. The predicted octanol–water partition coefficient (Wildman–Crippen LogP) is 12.1. The maximum absolute atomic E-state index is 5.79. The molecule has 7 aromatic carbocycles. The van der Waals surface area contributed by atoms with Crippen LogP contribution in [-0.2, 0) is 11.1 Å². The first kappa shape index (κ1) is 37.9. The summed E-state index contributed by atoms with van der Waals surface area (Å²) in [7, 11) is 3.33. The number of ether oxygens (including phenoxy) is 2. The summed E-state index contributed by atoms with van der Waals surface area (Å²) in [6.07, 6.45) is 1.90. The molecule has 0 aliphatic rings. The molecule has 0 fully saturated rings. The number of nitrogens with zero attached hydrogens (tertiary/aromatic N) is 2. The van der Waals surface area contributed by atoms with Gasteiger partial charge in [-0.2, -0.15) is 0 Å². The number of rotatable bonds is 13. The molecule has 2 N–H and O–H groups in total. The van der Waals surface area contributed by atoms with Gasteiger partial charge in [0.25, 0.3) is 0 Å². The van der Waals surface area contributed by atoms with E-state index in [0.29, 0.717) is 23.1 Å². The third-order valence-electron chi connectivity index (χ3n) is 11.2. The minimum atomic E-state index is -0.848. The van der Waals surface area contributed by atoms with Crippen molar-refractivity contribution in [3.05, 3.63) is 252 Å². The second-order valence-corrected chi connectivity index (χ2v) is 14.7. The molecule has 6 heteroatoms. The number of fused-ring (bicyclic) bond motifs is 1. The van der Waals surface area contributed by atoms with Gasteiger partial charge in [0.15, 0.2) is 0 Å². The number of methoxy groups -OCH3 is 2. The molecule has 2 heterocycles. The van der Waals surface area contributed by atoms with Gasteiger partial charge in [-0.1, -0.05) is 182 Å². The van der Waals surface area contributed by atoms with Gasteiger partial charge in [-0.05, 0) is 57.1 Å². The van der Waals surface area contributed by atoms with E-state index in [4.69, 9.17) is 19.4 Å². The number of aromatic nitrogens is 2. The first-order valence-electron chi connectivity index (χ1n) is 20.0. The van der Waals surface area contributed by atoms with Gasteiger partial charge in [0, 0.05) is 29.3 Å². The lowest BCUT2D eigenvalue weighted by molar-refractivity contribution is 0.394. The van der Waals surface area contributed by atoms with Crippen molar-refractivity contribution in [1.82, 2.24) is 9.97 Å². The number of benzene rings is 7. The van der Waals surface area contributed by atoms with Crippen LogP contribution in [0.2, 0.25) is 0 Å². The molecule has 0 saturated carbocycles. The molecule has 0 saturated heterocycles. The fourth-order valence-corrected chi connectivity index (χ4v) is 8.35. The fourth-order valence-electron chi connectivity index (χ4n) is 8.35. The number of nitrogens with one attached hydrogen (secondary N) is 2. The fraction of sp³-hybridized carbons (Fsp3) is 0.0741. The van der Waals surface area contributed by atoms with E-state index in [1.165, 1.54) is 0 Å². The van der Waals surface area contributed by atoms with E-state index in [-0.39, 0.29) is 0 Å². The van der Waals surface area contributed by atoms with Gasteiger partial charge >= 0.3 is 0 Å². The quantitative estimate of drug-likeness (QED) is 0.114. The predicted molar refractivity (Wildman–Crippen MR) is 244 cm³/mol. The third kappa shape index (κ3) is 7.09. The monoisotopic (exact) mass is 780 g/mol.